The molecule has 3 nitrogen and oxygen atoms in total. The van der Waals surface area contributed by atoms with E-state index in [-0.39, 0.29) is 6.04 Å². The number of aryl methyl sites for hydroxylation is 2. The van der Waals surface area contributed by atoms with Crippen LogP contribution in [-0.2, 0) is 6.42 Å². The van der Waals surface area contributed by atoms with Crippen molar-refractivity contribution in [3.8, 4) is 5.75 Å². The molecule has 3 rings (SSSR count). The van der Waals surface area contributed by atoms with Gasteiger partial charge in [0, 0.05) is 5.56 Å². The Morgan fingerprint density at radius 2 is 2.11 bits per heavy atom. The van der Waals surface area contributed by atoms with E-state index in [4.69, 9.17) is 9.15 Å². The molecular weight excluding hydrogens is 238 g/mol. The lowest BCUT2D eigenvalue weighted by Crippen LogP contribution is -2.18. The summed E-state index contributed by atoms with van der Waals surface area (Å²) in [6.07, 6.45) is 4.03. The number of hydrogen-bond donors (Lipinski definition) is 1. The van der Waals surface area contributed by atoms with Crippen LogP contribution in [0.4, 0.5) is 0 Å². The zero-order chi connectivity index (χ0) is 13.2. The van der Waals surface area contributed by atoms with Crippen LogP contribution >= 0.6 is 0 Å². The van der Waals surface area contributed by atoms with Crippen molar-refractivity contribution in [3.63, 3.8) is 0 Å². The molecule has 0 radical (unpaired) electrons. The minimum absolute atomic E-state index is 0.171. The lowest BCUT2D eigenvalue weighted by atomic mass is 9.96. The van der Waals surface area contributed by atoms with Gasteiger partial charge in [-0.05, 0) is 50.1 Å². The summed E-state index contributed by atoms with van der Waals surface area (Å²) in [5.41, 5.74) is 3.73. The number of benzene rings is 1. The zero-order valence-electron chi connectivity index (χ0n) is 11.4. The molecule has 1 aliphatic heterocycles. The van der Waals surface area contributed by atoms with Gasteiger partial charge in [0.2, 0.25) is 0 Å². The summed E-state index contributed by atoms with van der Waals surface area (Å²) in [6.45, 7) is 2.81. The molecule has 0 spiro atoms. The van der Waals surface area contributed by atoms with Gasteiger partial charge in [0.25, 0.3) is 0 Å². The second-order valence-electron chi connectivity index (χ2n) is 5.03. The first kappa shape index (κ1) is 12.3. The number of rotatable bonds is 3. The summed E-state index contributed by atoms with van der Waals surface area (Å²) in [5.74, 6) is 1.98. The van der Waals surface area contributed by atoms with E-state index in [1.165, 1.54) is 11.1 Å². The van der Waals surface area contributed by atoms with Gasteiger partial charge in [0.1, 0.15) is 11.5 Å². The quantitative estimate of drug-likeness (QED) is 0.916. The van der Waals surface area contributed by atoms with Gasteiger partial charge in [0.05, 0.1) is 18.9 Å². The fraction of sp³-hybridized carbons (Fsp3) is 0.375. The van der Waals surface area contributed by atoms with E-state index in [1.807, 2.05) is 20.2 Å². The van der Waals surface area contributed by atoms with Crippen LogP contribution in [0.5, 0.6) is 5.75 Å². The SMILES string of the molecule is CNC(c1coc(C)c1)c1ccc2c(c1)CCCO2. The van der Waals surface area contributed by atoms with Crippen molar-refractivity contribution in [1.29, 1.82) is 0 Å². The Kier molecular flexibility index (Phi) is 3.30. The van der Waals surface area contributed by atoms with Gasteiger partial charge in [-0.1, -0.05) is 12.1 Å². The summed E-state index contributed by atoms with van der Waals surface area (Å²) in [5, 5.41) is 3.35. The fourth-order valence-corrected chi connectivity index (χ4v) is 2.70. The zero-order valence-corrected chi connectivity index (χ0v) is 11.4. The Balaban J connectivity index is 1.95. The average Bonchev–Trinajstić information content (AvgIpc) is 2.86. The van der Waals surface area contributed by atoms with Crippen molar-refractivity contribution < 1.29 is 9.15 Å². The Morgan fingerprint density at radius 3 is 2.84 bits per heavy atom. The highest BCUT2D eigenvalue weighted by molar-refractivity contribution is 5.42. The van der Waals surface area contributed by atoms with Crippen molar-refractivity contribution in [3.05, 3.63) is 53.0 Å². The van der Waals surface area contributed by atoms with Crippen molar-refractivity contribution in [1.82, 2.24) is 5.32 Å². The number of nitrogens with one attached hydrogen (secondary N) is 1. The molecule has 2 heterocycles. The van der Waals surface area contributed by atoms with Crippen LogP contribution in [0.1, 0.15) is 34.9 Å². The van der Waals surface area contributed by atoms with Gasteiger partial charge < -0.3 is 14.5 Å². The fourth-order valence-electron chi connectivity index (χ4n) is 2.70. The summed E-state index contributed by atoms with van der Waals surface area (Å²) in [4.78, 5) is 0. The highest BCUT2D eigenvalue weighted by Crippen LogP contribution is 2.30. The highest BCUT2D eigenvalue weighted by Gasteiger charge is 2.17. The third kappa shape index (κ3) is 2.38. The molecule has 1 aromatic carbocycles. The van der Waals surface area contributed by atoms with Crippen LogP contribution in [0.25, 0.3) is 0 Å². The molecule has 100 valence electrons. The maximum absolute atomic E-state index is 5.66. The molecule has 0 fully saturated rings. The number of furan rings is 1. The minimum atomic E-state index is 0.171. The lowest BCUT2D eigenvalue weighted by molar-refractivity contribution is 0.288. The molecule has 1 N–H and O–H groups in total. The molecule has 3 heteroatoms. The van der Waals surface area contributed by atoms with E-state index in [0.717, 1.165) is 36.5 Å². The van der Waals surface area contributed by atoms with Crippen LogP contribution < -0.4 is 10.1 Å². The maximum atomic E-state index is 5.66. The maximum Gasteiger partial charge on any atom is 0.122 e. The second kappa shape index (κ2) is 5.10. The first-order chi connectivity index (χ1) is 9.28. The second-order valence-corrected chi connectivity index (χ2v) is 5.03. The number of ether oxygens (including phenoxy) is 1. The first-order valence-corrected chi connectivity index (χ1v) is 6.76. The van der Waals surface area contributed by atoms with E-state index < -0.39 is 0 Å². The summed E-state index contributed by atoms with van der Waals surface area (Å²) >= 11 is 0. The smallest absolute Gasteiger partial charge is 0.122 e. The molecule has 0 aliphatic carbocycles. The molecule has 1 aromatic heterocycles. The van der Waals surface area contributed by atoms with Gasteiger partial charge in [-0.15, -0.1) is 0 Å². The summed E-state index contributed by atoms with van der Waals surface area (Å²) < 4.78 is 11.1. The monoisotopic (exact) mass is 257 g/mol. The van der Waals surface area contributed by atoms with E-state index in [0.29, 0.717) is 0 Å². The van der Waals surface area contributed by atoms with Crippen LogP contribution in [0, 0.1) is 6.92 Å². The molecule has 19 heavy (non-hydrogen) atoms. The molecule has 1 atom stereocenters. The molecule has 0 amide bonds. The highest BCUT2D eigenvalue weighted by atomic mass is 16.5. The first-order valence-electron chi connectivity index (χ1n) is 6.76. The van der Waals surface area contributed by atoms with E-state index in [2.05, 4.69) is 29.6 Å². The van der Waals surface area contributed by atoms with Crippen LogP contribution in [0.3, 0.4) is 0 Å². The summed E-state index contributed by atoms with van der Waals surface area (Å²) in [6, 6.07) is 8.72. The number of fused-ring (bicyclic) bond motifs is 1. The Hall–Kier alpha value is -1.74. The van der Waals surface area contributed by atoms with Gasteiger partial charge in [0.15, 0.2) is 0 Å². The molecule has 0 saturated heterocycles. The topological polar surface area (TPSA) is 34.4 Å². The Labute approximate surface area is 113 Å². The standard InChI is InChI=1S/C16H19NO2/c1-11-8-14(10-19-11)16(17-2)13-5-6-15-12(9-13)4-3-7-18-15/h5-6,8-10,16-17H,3-4,7H2,1-2H3. The summed E-state index contributed by atoms with van der Waals surface area (Å²) in [7, 11) is 1.98. The predicted molar refractivity (Wildman–Crippen MR) is 74.6 cm³/mol. The molecular formula is C16H19NO2. The van der Waals surface area contributed by atoms with Crippen molar-refractivity contribution >= 4 is 0 Å². The molecule has 2 aromatic rings. The number of hydrogen-bond acceptors (Lipinski definition) is 3. The van der Waals surface area contributed by atoms with Crippen molar-refractivity contribution in [2.45, 2.75) is 25.8 Å². The minimum Gasteiger partial charge on any atom is -0.493 e. The van der Waals surface area contributed by atoms with Crippen molar-refractivity contribution in [2.75, 3.05) is 13.7 Å². The van der Waals surface area contributed by atoms with Crippen LogP contribution in [0.2, 0.25) is 0 Å². The Morgan fingerprint density at radius 1 is 1.21 bits per heavy atom. The van der Waals surface area contributed by atoms with Gasteiger partial charge in [-0.3, -0.25) is 0 Å². The van der Waals surface area contributed by atoms with E-state index in [9.17, 15) is 0 Å². The van der Waals surface area contributed by atoms with E-state index in [1.54, 1.807) is 0 Å². The van der Waals surface area contributed by atoms with Gasteiger partial charge in [-0.2, -0.15) is 0 Å². The molecule has 0 bridgehead atoms. The van der Waals surface area contributed by atoms with Crippen LogP contribution in [-0.4, -0.2) is 13.7 Å². The average molecular weight is 257 g/mol. The predicted octanol–water partition coefficient (Wildman–Crippen LogP) is 3.22. The third-order valence-electron chi connectivity index (χ3n) is 3.64. The van der Waals surface area contributed by atoms with Crippen LogP contribution in [0.15, 0.2) is 34.9 Å². The largest absolute Gasteiger partial charge is 0.493 e. The van der Waals surface area contributed by atoms with Crippen molar-refractivity contribution in [2.24, 2.45) is 0 Å². The third-order valence-corrected chi connectivity index (χ3v) is 3.64. The van der Waals surface area contributed by atoms with Gasteiger partial charge >= 0.3 is 0 Å². The van der Waals surface area contributed by atoms with Gasteiger partial charge in [-0.25, -0.2) is 0 Å². The lowest BCUT2D eigenvalue weighted by Gasteiger charge is -2.21. The normalized spacial score (nSPS) is 15.7. The Bertz CT molecular complexity index is 574. The molecule has 0 saturated carbocycles. The molecule has 1 aliphatic rings. The molecule has 1 unspecified atom stereocenters. The van der Waals surface area contributed by atoms with E-state index >= 15 is 0 Å².